The number of aromatic nitrogens is 2. The van der Waals surface area contributed by atoms with Gasteiger partial charge in [0.25, 0.3) is 0 Å². The normalized spacial score (nSPS) is 15.9. The second kappa shape index (κ2) is 5.35. The first-order chi connectivity index (χ1) is 11.2. The van der Waals surface area contributed by atoms with Gasteiger partial charge in [-0.3, -0.25) is 9.69 Å². The average molecular weight is 304 g/mol. The number of allylic oxidation sites excluding steroid dienone is 4. The molecule has 2 N–H and O–H groups in total. The Balaban J connectivity index is 1.73. The summed E-state index contributed by atoms with van der Waals surface area (Å²) in [6, 6.07) is 9.89. The monoisotopic (exact) mass is 304 g/mol. The number of nitrogens with two attached hydrogens (primary N) is 1. The Morgan fingerprint density at radius 1 is 1.17 bits per heavy atom. The molecule has 1 aromatic carbocycles. The van der Waals surface area contributed by atoms with E-state index in [0.29, 0.717) is 24.0 Å². The predicted molar refractivity (Wildman–Crippen MR) is 89.5 cm³/mol. The quantitative estimate of drug-likeness (QED) is 0.945. The fraction of sp³-hybridized carbons (Fsp3) is 0.167. The van der Waals surface area contributed by atoms with Gasteiger partial charge in [-0.15, -0.1) is 0 Å². The van der Waals surface area contributed by atoms with Crippen molar-refractivity contribution in [2.75, 3.05) is 10.6 Å². The van der Waals surface area contributed by atoms with Crippen molar-refractivity contribution in [1.82, 2.24) is 9.97 Å². The zero-order valence-corrected chi connectivity index (χ0v) is 12.6. The van der Waals surface area contributed by atoms with E-state index in [-0.39, 0.29) is 12.3 Å². The molecular weight excluding hydrogens is 288 g/mol. The fourth-order valence-corrected chi connectivity index (χ4v) is 2.93. The number of fused-ring (bicyclic) bond motifs is 1. The molecule has 0 bridgehead atoms. The summed E-state index contributed by atoms with van der Waals surface area (Å²) in [6.07, 6.45) is 7.08. The largest absolute Gasteiger partial charge is 0.383 e. The van der Waals surface area contributed by atoms with E-state index in [9.17, 15) is 4.79 Å². The highest BCUT2D eigenvalue weighted by atomic mass is 16.2. The fourth-order valence-electron chi connectivity index (χ4n) is 2.93. The maximum atomic E-state index is 12.4. The van der Waals surface area contributed by atoms with Gasteiger partial charge in [0.1, 0.15) is 11.6 Å². The number of nitrogen functional groups attached to an aromatic ring is 1. The molecule has 114 valence electrons. The lowest BCUT2D eigenvalue weighted by Gasteiger charge is -2.17. The molecule has 0 spiro atoms. The molecule has 2 aliphatic rings. The molecule has 2 aromatic rings. The summed E-state index contributed by atoms with van der Waals surface area (Å²) in [5.41, 5.74) is 8.91. The van der Waals surface area contributed by atoms with Crippen LogP contribution in [0.25, 0.3) is 5.57 Å². The van der Waals surface area contributed by atoms with Crippen LogP contribution in [0.4, 0.5) is 11.6 Å². The van der Waals surface area contributed by atoms with Crippen LogP contribution in [0, 0.1) is 0 Å². The predicted octanol–water partition coefficient (Wildman–Crippen LogP) is 2.49. The molecule has 1 amide bonds. The van der Waals surface area contributed by atoms with Crippen LogP contribution in [0.5, 0.6) is 0 Å². The highest BCUT2D eigenvalue weighted by Gasteiger charge is 2.32. The summed E-state index contributed by atoms with van der Waals surface area (Å²) in [4.78, 5) is 23.1. The molecule has 5 nitrogen and oxygen atoms in total. The average Bonchev–Trinajstić information content (AvgIpc) is 3.19. The van der Waals surface area contributed by atoms with E-state index in [4.69, 9.17) is 5.73 Å². The van der Waals surface area contributed by atoms with Crippen molar-refractivity contribution in [2.45, 2.75) is 19.4 Å². The number of nitrogens with zero attached hydrogens (tertiary/aromatic N) is 3. The van der Waals surface area contributed by atoms with Crippen LogP contribution in [-0.2, 0) is 17.8 Å². The lowest BCUT2D eigenvalue weighted by Crippen LogP contribution is -2.26. The van der Waals surface area contributed by atoms with E-state index in [1.807, 2.05) is 42.5 Å². The zero-order chi connectivity index (χ0) is 15.8. The Kier molecular flexibility index (Phi) is 3.19. The Labute approximate surface area is 134 Å². The van der Waals surface area contributed by atoms with Gasteiger partial charge >= 0.3 is 0 Å². The van der Waals surface area contributed by atoms with E-state index in [0.717, 1.165) is 23.1 Å². The molecule has 1 aromatic heterocycles. The minimum atomic E-state index is 0.0144. The second-order valence-corrected chi connectivity index (χ2v) is 5.70. The van der Waals surface area contributed by atoms with Crippen molar-refractivity contribution < 1.29 is 4.79 Å². The van der Waals surface area contributed by atoms with Gasteiger partial charge in [-0.05, 0) is 12.0 Å². The molecule has 5 heteroatoms. The summed E-state index contributed by atoms with van der Waals surface area (Å²) in [7, 11) is 0. The number of carbonyl (C=O) groups is 1. The third-order valence-electron chi connectivity index (χ3n) is 4.14. The molecule has 0 saturated heterocycles. The number of hydrogen-bond donors (Lipinski definition) is 1. The molecule has 1 aliphatic heterocycles. The van der Waals surface area contributed by atoms with E-state index in [1.165, 1.54) is 0 Å². The van der Waals surface area contributed by atoms with Gasteiger partial charge in [0.15, 0.2) is 5.82 Å². The van der Waals surface area contributed by atoms with E-state index in [2.05, 4.69) is 16.0 Å². The smallest absolute Gasteiger partial charge is 0.233 e. The van der Waals surface area contributed by atoms with Crippen LogP contribution in [0.15, 0.2) is 48.6 Å². The van der Waals surface area contributed by atoms with E-state index in [1.54, 1.807) is 4.90 Å². The summed E-state index contributed by atoms with van der Waals surface area (Å²) in [5, 5.41) is 0. The van der Waals surface area contributed by atoms with Gasteiger partial charge < -0.3 is 5.73 Å². The lowest BCUT2D eigenvalue weighted by molar-refractivity contribution is -0.117. The minimum Gasteiger partial charge on any atom is -0.383 e. The maximum Gasteiger partial charge on any atom is 0.233 e. The van der Waals surface area contributed by atoms with E-state index < -0.39 is 0 Å². The van der Waals surface area contributed by atoms with Gasteiger partial charge in [0, 0.05) is 11.1 Å². The maximum absolute atomic E-state index is 12.4. The summed E-state index contributed by atoms with van der Waals surface area (Å²) in [5.74, 6) is 1.68. The molecule has 2 heterocycles. The van der Waals surface area contributed by atoms with Crippen molar-refractivity contribution >= 4 is 23.1 Å². The van der Waals surface area contributed by atoms with Crippen molar-refractivity contribution in [3.8, 4) is 0 Å². The molecule has 4 rings (SSSR count). The molecule has 1 aliphatic carbocycles. The first kappa shape index (κ1) is 13.7. The van der Waals surface area contributed by atoms with Crippen LogP contribution in [0.1, 0.15) is 23.4 Å². The number of benzene rings is 1. The summed E-state index contributed by atoms with van der Waals surface area (Å²) >= 11 is 0. The van der Waals surface area contributed by atoms with E-state index >= 15 is 0 Å². The minimum absolute atomic E-state index is 0.0144. The molecular formula is C18H16N4O. The topological polar surface area (TPSA) is 72.1 Å². The third-order valence-corrected chi connectivity index (χ3v) is 4.14. The van der Waals surface area contributed by atoms with Crippen molar-refractivity contribution in [2.24, 2.45) is 0 Å². The van der Waals surface area contributed by atoms with Crippen LogP contribution in [-0.4, -0.2) is 15.9 Å². The first-order valence-corrected chi connectivity index (χ1v) is 7.59. The van der Waals surface area contributed by atoms with Crippen LogP contribution < -0.4 is 10.6 Å². The zero-order valence-electron chi connectivity index (χ0n) is 12.6. The summed E-state index contributed by atoms with van der Waals surface area (Å²) < 4.78 is 0. The molecule has 0 unspecified atom stereocenters. The molecule has 0 saturated carbocycles. The third kappa shape index (κ3) is 2.40. The van der Waals surface area contributed by atoms with Crippen molar-refractivity contribution in [1.29, 1.82) is 0 Å². The Morgan fingerprint density at radius 2 is 2.00 bits per heavy atom. The number of amides is 1. The molecule has 0 fully saturated rings. The highest BCUT2D eigenvalue weighted by Crippen LogP contribution is 2.33. The Bertz CT molecular complexity index is 840. The summed E-state index contributed by atoms with van der Waals surface area (Å²) in [6.45, 7) is 0.500. The van der Waals surface area contributed by atoms with Gasteiger partial charge in [-0.25, -0.2) is 9.97 Å². The van der Waals surface area contributed by atoms with Crippen molar-refractivity contribution in [3.63, 3.8) is 0 Å². The van der Waals surface area contributed by atoms with Gasteiger partial charge in [0.2, 0.25) is 5.91 Å². The SMILES string of the molecule is Nc1nc(C2=CC=CC2)nc2c1CC(=O)N2Cc1ccccc1. The highest BCUT2D eigenvalue weighted by molar-refractivity contribution is 6.01. The Hall–Kier alpha value is -2.95. The van der Waals surface area contributed by atoms with Crippen molar-refractivity contribution in [3.05, 3.63) is 65.5 Å². The first-order valence-electron chi connectivity index (χ1n) is 7.59. The van der Waals surface area contributed by atoms with Gasteiger partial charge in [-0.2, -0.15) is 0 Å². The molecule has 0 atom stereocenters. The Morgan fingerprint density at radius 3 is 2.74 bits per heavy atom. The van der Waals surface area contributed by atoms with Crippen LogP contribution >= 0.6 is 0 Å². The number of anilines is 2. The molecule has 23 heavy (non-hydrogen) atoms. The lowest BCUT2D eigenvalue weighted by atomic mass is 10.2. The van der Waals surface area contributed by atoms with Gasteiger partial charge in [0.05, 0.1) is 13.0 Å². The number of hydrogen-bond acceptors (Lipinski definition) is 4. The number of rotatable bonds is 3. The van der Waals surface area contributed by atoms with Gasteiger partial charge in [-0.1, -0.05) is 48.6 Å². The van der Waals surface area contributed by atoms with Crippen LogP contribution in [0.3, 0.4) is 0 Å². The molecule has 0 radical (unpaired) electrons. The number of carbonyl (C=O) groups excluding carboxylic acids is 1. The standard InChI is InChI=1S/C18H16N4O/c19-16-14-10-15(23)22(11-12-6-2-1-3-7-12)18(14)21-17(20-16)13-8-4-5-9-13/h1-8H,9-11H2,(H2,19,20,21). The second-order valence-electron chi connectivity index (χ2n) is 5.70. The van der Waals surface area contributed by atoms with Crippen LogP contribution in [0.2, 0.25) is 0 Å².